The molecule has 2 aromatic carbocycles. The maximum absolute atomic E-state index is 2.17. The van der Waals surface area contributed by atoms with Gasteiger partial charge >= 0.3 is 29.6 Å². The summed E-state index contributed by atoms with van der Waals surface area (Å²) >= 11 is 0. The van der Waals surface area contributed by atoms with Crippen molar-refractivity contribution in [3.63, 3.8) is 0 Å². The van der Waals surface area contributed by atoms with Crippen LogP contribution in [-0.4, -0.2) is 7.28 Å². The van der Waals surface area contributed by atoms with Crippen LogP contribution in [-0.2, 0) is 0 Å². The predicted molar refractivity (Wildman–Crippen MR) is 57.9 cm³/mol. The minimum Gasteiger partial charge on any atom is -0.275 e. The van der Waals surface area contributed by atoms with Gasteiger partial charge in [0.2, 0.25) is 0 Å². The molecule has 2 aromatic rings. The van der Waals surface area contributed by atoms with Crippen molar-refractivity contribution >= 4 is 18.2 Å². The Morgan fingerprint density at radius 3 is 1.29 bits per heavy atom. The molecule has 0 aliphatic carbocycles. The first-order valence-electron chi connectivity index (χ1n) is 4.40. The van der Waals surface area contributed by atoms with Gasteiger partial charge in [0, 0.05) is 0 Å². The molecule has 62 valence electrons. The van der Waals surface area contributed by atoms with E-state index in [-0.39, 0.29) is 29.6 Å². The van der Waals surface area contributed by atoms with Crippen LogP contribution in [0.15, 0.2) is 60.7 Å². The molecule has 0 aliphatic heterocycles. The maximum Gasteiger partial charge on any atom is 1.00 e. The van der Waals surface area contributed by atoms with Crippen molar-refractivity contribution in [3.05, 3.63) is 60.7 Å². The topological polar surface area (TPSA) is 0 Å². The van der Waals surface area contributed by atoms with E-state index in [0.29, 0.717) is 0 Å². The van der Waals surface area contributed by atoms with E-state index in [1.165, 1.54) is 10.9 Å². The number of hydrogen-bond acceptors (Lipinski definition) is 0. The Bertz CT molecular complexity index is 321. The summed E-state index contributed by atoms with van der Waals surface area (Å²) in [5, 5.41) is 0. The van der Waals surface area contributed by atoms with Crippen LogP contribution < -0.4 is 40.5 Å². The molecule has 2 rings (SSSR count). The van der Waals surface area contributed by atoms with Gasteiger partial charge in [-0.05, 0) is 0 Å². The SMILES string of the molecule is [B-](c1ccccc1)c1ccccc1.[Na+]. The Hall–Kier alpha value is -0.495. The summed E-state index contributed by atoms with van der Waals surface area (Å²) in [6.45, 7) is 0. The van der Waals surface area contributed by atoms with E-state index < -0.39 is 0 Å². The third-order valence-corrected chi connectivity index (χ3v) is 1.93. The van der Waals surface area contributed by atoms with E-state index in [1.807, 2.05) is 12.1 Å². The van der Waals surface area contributed by atoms with Crippen molar-refractivity contribution in [2.24, 2.45) is 0 Å². The normalized spacial score (nSPS) is 9.14. The molecule has 2 radical (unpaired) electrons. The number of hydrogen-bond donors (Lipinski definition) is 0. The van der Waals surface area contributed by atoms with Gasteiger partial charge in [-0.3, -0.25) is 18.2 Å². The first-order chi connectivity index (χ1) is 6.45. The minimum atomic E-state index is 0. The van der Waals surface area contributed by atoms with Crippen LogP contribution in [0.4, 0.5) is 0 Å². The summed E-state index contributed by atoms with van der Waals surface area (Å²) in [5.74, 6) is 0. The Labute approximate surface area is 108 Å². The standard InChI is InChI=1S/C12H10B.Na/c1-3-7-11(8-4-1)13-12-9-5-2-6-10-12;/h1-10H;/q-1;+1. The molecule has 2 heteroatoms. The van der Waals surface area contributed by atoms with Crippen molar-refractivity contribution in [2.75, 3.05) is 0 Å². The maximum atomic E-state index is 2.17. The molecule has 0 bridgehead atoms. The molecule has 0 aromatic heterocycles. The zero-order chi connectivity index (χ0) is 8.93. The predicted octanol–water partition coefficient (Wildman–Crippen LogP) is -1.65. The minimum absolute atomic E-state index is 0. The zero-order valence-corrected chi connectivity index (χ0v) is 10.4. The Kier molecular flexibility index (Phi) is 5.03. The fraction of sp³-hybridized carbons (Fsp3) is 0. The summed E-state index contributed by atoms with van der Waals surface area (Å²) in [6.07, 6.45) is 0. The second-order valence-corrected chi connectivity index (χ2v) is 2.97. The van der Waals surface area contributed by atoms with Gasteiger partial charge in [-0.1, -0.05) is 36.4 Å². The third-order valence-electron chi connectivity index (χ3n) is 1.93. The fourth-order valence-electron chi connectivity index (χ4n) is 1.29. The van der Waals surface area contributed by atoms with Gasteiger partial charge in [0.05, 0.1) is 0 Å². The van der Waals surface area contributed by atoms with E-state index in [1.54, 1.807) is 0 Å². The third kappa shape index (κ3) is 3.34. The van der Waals surface area contributed by atoms with E-state index in [4.69, 9.17) is 0 Å². The zero-order valence-electron chi connectivity index (χ0n) is 8.35. The van der Waals surface area contributed by atoms with Crippen LogP contribution in [0.25, 0.3) is 0 Å². The van der Waals surface area contributed by atoms with Crippen LogP contribution in [0, 0.1) is 0 Å². The van der Waals surface area contributed by atoms with Crippen molar-refractivity contribution in [2.45, 2.75) is 0 Å². The van der Waals surface area contributed by atoms with Crippen molar-refractivity contribution < 1.29 is 29.6 Å². The van der Waals surface area contributed by atoms with Crippen molar-refractivity contribution in [3.8, 4) is 0 Å². The van der Waals surface area contributed by atoms with E-state index in [0.717, 1.165) is 0 Å². The second-order valence-electron chi connectivity index (χ2n) is 2.97. The smallest absolute Gasteiger partial charge is 0.275 e. The summed E-state index contributed by atoms with van der Waals surface area (Å²) < 4.78 is 0. The molecule has 0 N–H and O–H groups in total. The monoisotopic (exact) mass is 188 g/mol. The molecule has 0 saturated carbocycles. The first-order valence-corrected chi connectivity index (χ1v) is 4.40. The van der Waals surface area contributed by atoms with Crippen LogP contribution in [0.2, 0.25) is 0 Å². The first kappa shape index (κ1) is 11.6. The number of benzene rings is 2. The second kappa shape index (κ2) is 6.08. The summed E-state index contributed by atoms with van der Waals surface area (Å²) in [7, 11) is 2.17. The molecule has 0 nitrogen and oxygen atoms in total. The van der Waals surface area contributed by atoms with Crippen molar-refractivity contribution in [1.82, 2.24) is 0 Å². The van der Waals surface area contributed by atoms with Crippen LogP contribution >= 0.6 is 0 Å². The molecule has 0 atom stereocenters. The van der Waals surface area contributed by atoms with Gasteiger partial charge in [0.15, 0.2) is 0 Å². The van der Waals surface area contributed by atoms with Gasteiger partial charge in [-0.2, -0.15) is 0 Å². The summed E-state index contributed by atoms with van der Waals surface area (Å²) in [6, 6.07) is 20.7. The fourth-order valence-corrected chi connectivity index (χ4v) is 1.29. The average Bonchev–Trinajstić information content (AvgIpc) is 2.21. The van der Waals surface area contributed by atoms with Crippen LogP contribution in [0.3, 0.4) is 0 Å². The van der Waals surface area contributed by atoms with Crippen molar-refractivity contribution in [1.29, 1.82) is 0 Å². The largest absolute Gasteiger partial charge is 1.00 e. The Balaban J connectivity index is 0.000000980. The molecule has 0 spiro atoms. The van der Waals surface area contributed by atoms with Gasteiger partial charge in [0.25, 0.3) is 0 Å². The van der Waals surface area contributed by atoms with Gasteiger partial charge in [-0.25, -0.2) is 0 Å². The van der Waals surface area contributed by atoms with Crippen LogP contribution in [0.1, 0.15) is 0 Å². The Morgan fingerprint density at radius 2 is 0.929 bits per heavy atom. The summed E-state index contributed by atoms with van der Waals surface area (Å²) in [5.41, 5.74) is 2.49. The summed E-state index contributed by atoms with van der Waals surface area (Å²) in [4.78, 5) is 0. The molecule has 0 heterocycles. The number of rotatable bonds is 2. The van der Waals surface area contributed by atoms with Gasteiger partial charge in [0.1, 0.15) is 0 Å². The van der Waals surface area contributed by atoms with Gasteiger partial charge in [-0.15, -0.1) is 24.3 Å². The van der Waals surface area contributed by atoms with E-state index in [2.05, 4.69) is 55.8 Å². The molecule has 0 unspecified atom stereocenters. The molecule has 0 aliphatic rings. The van der Waals surface area contributed by atoms with E-state index in [9.17, 15) is 0 Å². The molecule has 0 fully saturated rings. The molecule has 0 amide bonds. The quantitative estimate of drug-likeness (QED) is 0.495. The van der Waals surface area contributed by atoms with Crippen LogP contribution in [0.5, 0.6) is 0 Å². The molecular formula is C12H10BNa. The Morgan fingerprint density at radius 1 is 0.571 bits per heavy atom. The van der Waals surface area contributed by atoms with E-state index >= 15 is 0 Å². The molecular weight excluding hydrogens is 178 g/mol. The average molecular weight is 188 g/mol. The van der Waals surface area contributed by atoms with Gasteiger partial charge < -0.3 is 0 Å². The molecule has 0 saturated heterocycles. The molecule has 14 heavy (non-hydrogen) atoms.